The minimum absolute atomic E-state index is 0.364. The third-order valence-electron chi connectivity index (χ3n) is 5.52. The van der Waals surface area contributed by atoms with Crippen LogP contribution in [-0.4, -0.2) is 17.9 Å². The van der Waals surface area contributed by atoms with E-state index in [0.717, 1.165) is 6.42 Å². The van der Waals surface area contributed by atoms with Gasteiger partial charge < -0.3 is 13.8 Å². The fourth-order valence-corrected chi connectivity index (χ4v) is 3.72. The Morgan fingerprint density at radius 2 is 1.55 bits per heavy atom. The Morgan fingerprint density at radius 3 is 2.27 bits per heavy atom. The summed E-state index contributed by atoms with van der Waals surface area (Å²) >= 11 is 0. The van der Waals surface area contributed by atoms with Crippen molar-refractivity contribution in [2.75, 3.05) is 0 Å². The number of aromatic nitrogens is 1. The molecule has 0 atom stereocenters. The molecule has 2 aliphatic rings. The molecule has 4 rings (SSSR count). The van der Waals surface area contributed by atoms with Crippen molar-refractivity contribution in [3.05, 3.63) is 59.9 Å². The molecule has 0 radical (unpaired) electrons. The Hall–Kier alpha value is -1.65. The predicted octanol–water partition coefficient (Wildman–Crippen LogP) is 2.18. The van der Waals surface area contributed by atoms with Crippen molar-refractivity contribution in [2.45, 2.75) is 45.3 Å². The highest BCUT2D eigenvalue weighted by Crippen LogP contribution is 2.41. The quantitative estimate of drug-likeness (QED) is 0.695. The van der Waals surface area contributed by atoms with Gasteiger partial charge >= 0.3 is 6.69 Å². The van der Waals surface area contributed by atoms with Crippen LogP contribution in [0.5, 0.6) is 0 Å². The molecular formula is C18H22BNO2. The number of hydrogen-bond donors (Lipinski definition) is 0. The van der Waals surface area contributed by atoms with Gasteiger partial charge in [0, 0.05) is 17.3 Å². The molecule has 22 heavy (non-hydrogen) atoms. The highest BCUT2D eigenvalue weighted by Gasteiger charge is 2.62. The summed E-state index contributed by atoms with van der Waals surface area (Å²) in [5.74, 6) is 0. The van der Waals surface area contributed by atoms with Crippen molar-refractivity contribution in [3.63, 3.8) is 0 Å². The van der Waals surface area contributed by atoms with Gasteiger partial charge in [0.2, 0.25) is 0 Å². The summed E-state index contributed by atoms with van der Waals surface area (Å²) in [7, 11) is 0. The van der Waals surface area contributed by atoms with E-state index in [4.69, 9.17) is 9.31 Å². The maximum absolute atomic E-state index is 6.65. The highest BCUT2D eigenvalue weighted by molar-refractivity contribution is 6.74. The van der Waals surface area contributed by atoms with Gasteiger partial charge in [-0.3, -0.25) is 0 Å². The van der Waals surface area contributed by atoms with Gasteiger partial charge in [-0.2, -0.15) is 0 Å². The fourth-order valence-electron chi connectivity index (χ4n) is 3.72. The molecule has 114 valence electrons. The summed E-state index contributed by atoms with van der Waals surface area (Å²) in [5.41, 5.74) is 2.97. The first-order chi connectivity index (χ1) is 10.4. The third kappa shape index (κ3) is 1.68. The lowest BCUT2D eigenvalue weighted by atomic mass is 9.58. The zero-order valence-electron chi connectivity index (χ0n) is 13.7. The monoisotopic (exact) mass is 295 g/mol. The van der Waals surface area contributed by atoms with Crippen LogP contribution < -0.4 is 9.94 Å². The van der Waals surface area contributed by atoms with Crippen LogP contribution in [0, 0.1) is 0 Å². The summed E-state index contributed by atoms with van der Waals surface area (Å²) < 4.78 is 15.5. The van der Waals surface area contributed by atoms with E-state index >= 15 is 0 Å². The Bertz CT molecular complexity index is 691. The van der Waals surface area contributed by atoms with Crippen LogP contribution >= 0.6 is 0 Å². The van der Waals surface area contributed by atoms with Gasteiger partial charge in [0.05, 0.1) is 6.42 Å². The molecule has 0 amide bonds. The number of fused-ring (bicyclic) bond motifs is 4. The van der Waals surface area contributed by atoms with Gasteiger partial charge in [-0.05, 0) is 33.8 Å². The van der Waals surface area contributed by atoms with Crippen molar-refractivity contribution in [3.8, 4) is 0 Å². The lowest BCUT2D eigenvalue weighted by Crippen LogP contribution is -2.78. The van der Waals surface area contributed by atoms with E-state index in [1.54, 1.807) is 0 Å². The predicted molar refractivity (Wildman–Crippen MR) is 87.0 cm³/mol. The average Bonchev–Trinajstić information content (AvgIpc) is 2.65. The van der Waals surface area contributed by atoms with E-state index < -0.39 is 6.69 Å². The SMILES string of the molecule is CC1(C)O[B-]2(OC1(C)C)c1ccccc1Cc1cccc[n+]12. The Balaban J connectivity index is 2.01. The molecule has 1 aromatic carbocycles. The number of benzene rings is 1. The van der Waals surface area contributed by atoms with Crippen LogP contribution in [0.3, 0.4) is 0 Å². The standard InChI is InChI=1S/C18H22BNO2/c1-17(2)18(3,4)22-19(21-17)16-11-6-5-9-14(16)13-15-10-7-8-12-20(15)19/h5-12H,13H2,1-4H3. The fraction of sp³-hybridized carbons (Fsp3) is 0.389. The summed E-state index contributed by atoms with van der Waals surface area (Å²) in [5, 5.41) is 0. The topological polar surface area (TPSA) is 22.3 Å². The molecule has 1 saturated heterocycles. The zero-order valence-corrected chi connectivity index (χ0v) is 13.7. The molecule has 0 saturated carbocycles. The Labute approximate surface area is 131 Å². The summed E-state index contributed by atoms with van der Waals surface area (Å²) in [6.45, 7) is 6.76. The number of rotatable bonds is 0. The van der Waals surface area contributed by atoms with Crippen LogP contribution in [0.2, 0.25) is 0 Å². The zero-order chi connectivity index (χ0) is 15.6. The van der Waals surface area contributed by atoms with Gasteiger partial charge in [-0.25, -0.2) is 0 Å². The first-order valence-corrected chi connectivity index (χ1v) is 7.98. The number of pyridine rings is 1. The highest BCUT2D eigenvalue weighted by atomic mass is 16.7. The second kappa shape index (κ2) is 4.21. The van der Waals surface area contributed by atoms with Crippen molar-refractivity contribution >= 4 is 12.1 Å². The van der Waals surface area contributed by atoms with Gasteiger partial charge in [0.1, 0.15) is 11.9 Å². The molecule has 1 aromatic heterocycles. The van der Waals surface area contributed by atoms with Crippen LogP contribution in [-0.2, 0) is 15.7 Å². The number of nitrogens with zero attached hydrogens (tertiary/aromatic N) is 1. The molecule has 1 spiro atoms. The normalized spacial score (nSPS) is 23.1. The molecule has 0 N–H and O–H groups in total. The first-order valence-electron chi connectivity index (χ1n) is 7.98. The van der Waals surface area contributed by atoms with Crippen LogP contribution in [0.15, 0.2) is 48.7 Å². The molecule has 2 aliphatic heterocycles. The summed E-state index contributed by atoms with van der Waals surface area (Å²) in [6, 6.07) is 14.8. The van der Waals surface area contributed by atoms with Gasteiger partial charge in [0.15, 0.2) is 0 Å². The van der Waals surface area contributed by atoms with Crippen molar-refractivity contribution in [1.29, 1.82) is 0 Å². The van der Waals surface area contributed by atoms with Crippen molar-refractivity contribution in [1.82, 2.24) is 0 Å². The first kappa shape index (κ1) is 14.0. The smallest absolute Gasteiger partial charge is 0.495 e. The maximum Gasteiger partial charge on any atom is 0.577 e. The second-order valence-corrected chi connectivity index (χ2v) is 7.40. The summed E-state index contributed by atoms with van der Waals surface area (Å²) in [6.07, 6.45) is 3.00. The lowest BCUT2D eigenvalue weighted by molar-refractivity contribution is -0.581. The Morgan fingerprint density at radius 1 is 0.909 bits per heavy atom. The van der Waals surface area contributed by atoms with Gasteiger partial charge in [0.25, 0.3) is 0 Å². The van der Waals surface area contributed by atoms with Crippen molar-refractivity contribution in [2.24, 2.45) is 0 Å². The molecule has 4 heteroatoms. The molecule has 2 aromatic rings. The minimum atomic E-state index is -1.70. The van der Waals surface area contributed by atoms with Crippen LogP contribution in [0.4, 0.5) is 0 Å². The van der Waals surface area contributed by atoms with Crippen LogP contribution in [0.25, 0.3) is 0 Å². The minimum Gasteiger partial charge on any atom is -0.495 e. The van der Waals surface area contributed by atoms with E-state index in [2.05, 4.69) is 74.8 Å². The van der Waals surface area contributed by atoms with Gasteiger partial charge in [-0.1, -0.05) is 41.4 Å². The molecule has 0 bridgehead atoms. The van der Waals surface area contributed by atoms with E-state index in [9.17, 15) is 0 Å². The molecule has 0 unspecified atom stereocenters. The van der Waals surface area contributed by atoms with Gasteiger partial charge in [-0.15, -0.1) is 0 Å². The summed E-state index contributed by atoms with van der Waals surface area (Å²) in [4.78, 5) is 0. The number of hydrogen-bond acceptors (Lipinski definition) is 2. The van der Waals surface area contributed by atoms with E-state index in [-0.39, 0.29) is 11.2 Å². The average molecular weight is 295 g/mol. The van der Waals surface area contributed by atoms with E-state index in [1.807, 2.05) is 6.07 Å². The second-order valence-electron chi connectivity index (χ2n) is 7.40. The molecule has 0 aliphatic carbocycles. The molecule has 1 fully saturated rings. The lowest BCUT2D eigenvalue weighted by Gasteiger charge is -2.37. The maximum atomic E-state index is 6.65. The Kier molecular flexibility index (Phi) is 2.68. The van der Waals surface area contributed by atoms with E-state index in [1.165, 1.54) is 16.7 Å². The largest absolute Gasteiger partial charge is 0.577 e. The van der Waals surface area contributed by atoms with Crippen molar-refractivity contribution < 1.29 is 13.8 Å². The third-order valence-corrected chi connectivity index (χ3v) is 5.52. The molecule has 3 heterocycles. The molecule has 3 nitrogen and oxygen atoms in total. The molecular weight excluding hydrogens is 273 g/mol. The van der Waals surface area contributed by atoms with Crippen LogP contribution in [0.1, 0.15) is 39.0 Å². The van der Waals surface area contributed by atoms with E-state index in [0.29, 0.717) is 0 Å².